The van der Waals surface area contributed by atoms with E-state index in [9.17, 15) is 0 Å². The van der Waals surface area contributed by atoms with Crippen LogP contribution in [0.25, 0.3) is 11.5 Å². The molecule has 0 saturated carbocycles. The second-order valence-electron chi connectivity index (χ2n) is 0.776. The van der Waals surface area contributed by atoms with E-state index in [1.165, 1.54) is 0 Å². The molecule has 0 saturated heterocycles. The second kappa shape index (κ2) is 22.6. The molecule has 1 radical (unpaired) electrons. The minimum atomic E-state index is -1.75. The van der Waals surface area contributed by atoms with Crippen molar-refractivity contribution in [3.05, 3.63) is 42.1 Å². The van der Waals surface area contributed by atoms with Gasteiger partial charge >= 0.3 is 33.3 Å². The summed E-state index contributed by atoms with van der Waals surface area (Å²) < 4.78 is 0. The van der Waals surface area contributed by atoms with E-state index >= 15 is 0 Å². The fourth-order valence-corrected chi connectivity index (χ4v) is 0. The molecule has 0 spiro atoms. The van der Waals surface area contributed by atoms with E-state index in [0.29, 0.717) is 0 Å². The van der Waals surface area contributed by atoms with Crippen LogP contribution >= 0.6 is 0 Å². The maximum absolute atomic E-state index is 8.78. The van der Waals surface area contributed by atoms with Gasteiger partial charge in [0.25, 0.3) is 0 Å². The average Bonchev–Trinajstić information content (AvgIpc) is 1.54. The fraction of sp³-hybridized carbons (Fsp3) is 0. The van der Waals surface area contributed by atoms with Crippen LogP contribution in [0.4, 0.5) is 4.79 Å². The molecule has 14 heavy (non-hydrogen) atoms. The molecule has 0 atom stereocenters. The van der Waals surface area contributed by atoms with Crippen molar-refractivity contribution in [2.45, 2.75) is 0 Å². The maximum Gasteiger partial charge on any atom is 2.00 e. The van der Waals surface area contributed by atoms with Crippen LogP contribution in [0.5, 0.6) is 0 Å². The molecule has 0 unspecified atom stereocenters. The summed E-state index contributed by atoms with van der Waals surface area (Å²) in [7, 11) is 0. The van der Waals surface area contributed by atoms with Crippen molar-refractivity contribution in [3.63, 3.8) is 0 Å². The molecule has 0 heterocycles. The number of rotatable bonds is 0. The molecule has 0 fully saturated rings. The van der Waals surface area contributed by atoms with Crippen molar-refractivity contribution < 1.29 is 48.2 Å². The van der Waals surface area contributed by atoms with Crippen LogP contribution in [0, 0.1) is 30.6 Å². The van der Waals surface area contributed by atoms with E-state index in [-0.39, 0.29) is 33.3 Å². The van der Waals surface area contributed by atoms with Gasteiger partial charge in [-0.1, -0.05) is 0 Å². The minimum Gasteiger partial charge on any atom is -0.684 e. The van der Waals surface area contributed by atoms with Crippen LogP contribution in [-0.4, -0.2) is 16.2 Å². The van der Waals surface area contributed by atoms with E-state index in [4.69, 9.17) is 46.9 Å². The van der Waals surface area contributed by atoms with E-state index in [2.05, 4.69) is 0 Å². The summed E-state index contributed by atoms with van der Waals surface area (Å²) in [6.45, 7) is 0. The van der Waals surface area contributed by atoms with Crippen molar-refractivity contribution in [3.8, 4) is 0 Å². The molecule has 0 aromatic heterocycles. The van der Waals surface area contributed by atoms with Crippen LogP contribution in [0.3, 0.4) is 0 Å². The SMILES string of the molecule is O=[N+]([O-])[O-].O=[N+]([O-])[O-].[Co+2].[NH-]C([NH-])=O.[Ni+2]. The third-order valence-electron chi connectivity index (χ3n) is 0. The molecule has 0 aromatic rings. The number of amides is 2. The maximum atomic E-state index is 8.78. The zero-order valence-electron chi connectivity index (χ0n) is 5.90. The third kappa shape index (κ3) is 564. The number of nitrogens with one attached hydrogen (secondary N) is 2. The number of carbonyl (C=O) groups excluding carboxylic acids is 1. The molecule has 11 nitrogen and oxygen atoms in total. The van der Waals surface area contributed by atoms with Crippen molar-refractivity contribution in [1.82, 2.24) is 0 Å². The van der Waals surface area contributed by atoms with E-state index < -0.39 is 16.2 Å². The van der Waals surface area contributed by atoms with Gasteiger partial charge in [0.05, 0.1) is 10.2 Å². The Morgan fingerprint density at radius 2 is 0.929 bits per heavy atom. The van der Waals surface area contributed by atoms with Crippen LogP contribution in [0.1, 0.15) is 0 Å². The van der Waals surface area contributed by atoms with Gasteiger partial charge in [-0.15, -0.1) is 0 Å². The zero-order chi connectivity index (χ0) is 10.7. The number of hydrogen-bond donors (Lipinski definition) is 0. The predicted octanol–water partition coefficient (Wildman–Crippen LogP) is 0.728. The molecular formula is CH2CoN4NiO7. The first-order valence-electron chi connectivity index (χ1n) is 1.80. The summed E-state index contributed by atoms with van der Waals surface area (Å²) in [6, 6.07) is -1.33. The molecule has 87 valence electrons. The summed E-state index contributed by atoms with van der Waals surface area (Å²) in [6.07, 6.45) is 0. The molecule has 0 aliphatic rings. The molecule has 2 N–H and O–H groups in total. The summed E-state index contributed by atoms with van der Waals surface area (Å²) in [5.74, 6) is 0. The Balaban J connectivity index is -0.0000000270. The van der Waals surface area contributed by atoms with E-state index in [1.54, 1.807) is 0 Å². The number of nitrogens with zero attached hydrogens (tertiary/aromatic N) is 2. The second-order valence-corrected chi connectivity index (χ2v) is 0.776. The third-order valence-corrected chi connectivity index (χ3v) is 0. The smallest absolute Gasteiger partial charge is 0.684 e. The molecule has 0 aliphatic heterocycles. The molecular weight excluding hydrogens is 298 g/mol. The van der Waals surface area contributed by atoms with Gasteiger partial charge in [0.2, 0.25) is 0 Å². The van der Waals surface area contributed by atoms with Gasteiger partial charge in [0.1, 0.15) is 0 Å². The first-order chi connectivity index (χ1) is 5.20. The molecule has 0 aliphatic carbocycles. The van der Waals surface area contributed by atoms with Crippen LogP contribution in [0.2, 0.25) is 0 Å². The van der Waals surface area contributed by atoms with Crippen LogP contribution in [-0.2, 0) is 33.3 Å². The zero-order valence-corrected chi connectivity index (χ0v) is 7.93. The molecule has 13 heteroatoms. The molecule has 0 rings (SSSR count). The Labute approximate surface area is 96.8 Å². The Morgan fingerprint density at radius 3 is 0.929 bits per heavy atom. The fourth-order valence-electron chi connectivity index (χ4n) is 0. The van der Waals surface area contributed by atoms with Crippen molar-refractivity contribution >= 4 is 6.03 Å². The molecule has 2 amide bonds. The average molecular weight is 300 g/mol. The molecule has 0 aromatic carbocycles. The Hall–Kier alpha value is -1.33. The Morgan fingerprint density at radius 1 is 0.929 bits per heavy atom. The van der Waals surface area contributed by atoms with Crippen LogP contribution in [0.15, 0.2) is 0 Å². The van der Waals surface area contributed by atoms with Gasteiger partial charge in [-0.05, 0) is 6.03 Å². The predicted molar refractivity (Wildman–Crippen MR) is 34.8 cm³/mol. The minimum absolute atomic E-state index is 0. The van der Waals surface area contributed by atoms with Gasteiger partial charge in [-0.2, -0.15) is 0 Å². The summed E-state index contributed by atoms with van der Waals surface area (Å²) in [4.78, 5) is 25.3. The summed E-state index contributed by atoms with van der Waals surface area (Å²) in [5.41, 5.74) is 11.2. The van der Waals surface area contributed by atoms with Gasteiger partial charge in [0.15, 0.2) is 0 Å². The first-order valence-corrected chi connectivity index (χ1v) is 1.80. The van der Waals surface area contributed by atoms with Crippen molar-refractivity contribution in [1.29, 1.82) is 0 Å². The van der Waals surface area contributed by atoms with Crippen molar-refractivity contribution in [2.24, 2.45) is 0 Å². The largest absolute Gasteiger partial charge is 2.00 e. The summed E-state index contributed by atoms with van der Waals surface area (Å²) in [5, 5.41) is 29.5. The quantitative estimate of drug-likeness (QED) is 0.356. The van der Waals surface area contributed by atoms with E-state index in [1.807, 2.05) is 0 Å². The topological polar surface area (TPSA) is 197 Å². The Bertz CT molecular complexity index is 123. The van der Waals surface area contributed by atoms with E-state index in [0.717, 1.165) is 0 Å². The molecule has 0 bridgehead atoms. The van der Waals surface area contributed by atoms with Gasteiger partial charge < -0.3 is 46.9 Å². The van der Waals surface area contributed by atoms with Gasteiger partial charge in [-0.25, -0.2) is 0 Å². The summed E-state index contributed by atoms with van der Waals surface area (Å²) >= 11 is 0. The number of hydrogen-bond acceptors (Lipinski definition) is 7. The van der Waals surface area contributed by atoms with Gasteiger partial charge in [-0.3, -0.25) is 0 Å². The monoisotopic (exact) mass is 299 g/mol. The number of urea groups is 1. The Kier molecular flexibility index (Phi) is 47.3. The number of carbonyl (C=O) groups is 1. The van der Waals surface area contributed by atoms with Gasteiger partial charge in [0, 0.05) is 0 Å². The van der Waals surface area contributed by atoms with Crippen molar-refractivity contribution in [2.75, 3.05) is 0 Å². The first kappa shape index (κ1) is 29.3. The van der Waals surface area contributed by atoms with Crippen LogP contribution < -0.4 is 0 Å². The normalized spacial score (nSPS) is 5.14. The standard InChI is InChI=1S/CH3N2O.Co.2NO3.Ni/c2-1(3)4;;2*2-1(3)4;/h(H3-,2,3,4);;;;/q-1;+2;2*-1;+2/p-1.